The van der Waals surface area contributed by atoms with Crippen LogP contribution >= 0.6 is 0 Å². The molecule has 9 heteroatoms. The molecule has 9 nitrogen and oxygen atoms in total. The molecule has 5 heterocycles. The van der Waals surface area contributed by atoms with Gasteiger partial charge in [-0.3, -0.25) is 20.0 Å². The first-order valence-electron chi connectivity index (χ1n) is 9.62. The van der Waals surface area contributed by atoms with Gasteiger partial charge in [0.05, 0.1) is 23.0 Å². The first-order valence-corrected chi connectivity index (χ1v) is 9.62. The van der Waals surface area contributed by atoms with Crippen molar-refractivity contribution in [1.29, 1.82) is 0 Å². The van der Waals surface area contributed by atoms with Crippen molar-refractivity contribution in [2.24, 2.45) is 5.73 Å². The van der Waals surface area contributed by atoms with Crippen LogP contribution in [0.15, 0.2) is 55.0 Å². The molecule has 30 heavy (non-hydrogen) atoms. The van der Waals surface area contributed by atoms with Gasteiger partial charge in [0.2, 0.25) is 5.91 Å². The SMILES string of the molecule is NC(=O)c1cncc(-c2ccc3c(n2)N(C(=O)Nc2ccccn2)[C@H]2CCN3C2)c1. The van der Waals surface area contributed by atoms with Gasteiger partial charge in [-0.05, 0) is 36.8 Å². The Morgan fingerprint density at radius 3 is 2.87 bits per heavy atom. The lowest BCUT2D eigenvalue weighted by atomic mass is 10.1. The van der Waals surface area contributed by atoms with Gasteiger partial charge in [0.1, 0.15) is 5.82 Å². The van der Waals surface area contributed by atoms with Crippen molar-refractivity contribution >= 4 is 29.3 Å². The third kappa shape index (κ3) is 3.10. The Kier molecular flexibility index (Phi) is 4.27. The number of pyridine rings is 3. The minimum Gasteiger partial charge on any atom is -0.366 e. The Bertz CT molecular complexity index is 1140. The van der Waals surface area contributed by atoms with Crippen LogP contribution in [-0.2, 0) is 0 Å². The lowest BCUT2D eigenvalue weighted by molar-refractivity contribution is 0.1000. The molecule has 0 spiro atoms. The molecule has 2 aliphatic heterocycles. The third-order valence-corrected chi connectivity index (χ3v) is 5.39. The Balaban J connectivity index is 1.54. The van der Waals surface area contributed by atoms with E-state index >= 15 is 0 Å². The van der Waals surface area contributed by atoms with Crippen molar-refractivity contribution in [3.63, 3.8) is 0 Å². The molecule has 1 atom stereocenters. The van der Waals surface area contributed by atoms with E-state index in [4.69, 9.17) is 10.7 Å². The van der Waals surface area contributed by atoms with Gasteiger partial charge in [-0.1, -0.05) is 6.07 Å². The number of nitrogens with two attached hydrogens (primary N) is 1. The summed E-state index contributed by atoms with van der Waals surface area (Å²) < 4.78 is 0. The molecule has 3 N–H and O–H groups in total. The van der Waals surface area contributed by atoms with Crippen LogP contribution in [0.1, 0.15) is 16.8 Å². The van der Waals surface area contributed by atoms with E-state index in [-0.39, 0.29) is 12.1 Å². The van der Waals surface area contributed by atoms with Gasteiger partial charge in [0.25, 0.3) is 0 Å². The number of aromatic nitrogens is 3. The van der Waals surface area contributed by atoms with Crippen LogP contribution < -0.4 is 20.9 Å². The summed E-state index contributed by atoms with van der Waals surface area (Å²) in [4.78, 5) is 41.7. The summed E-state index contributed by atoms with van der Waals surface area (Å²) >= 11 is 0. The van der Waals surface area contributed by atoms with Crippen molar-refractivity contribution in [1.82, 2.24) is 15.0 Å². The Hall–Kier alpha value is -4.01. The molecule has 5 rings (SSSR count). The van der Waals surface area contributed by atoms with Gasteiger partial charge >= 0.3 is 6.03 Å². The van der Waals surface area contributed by atoms with Crippen molar-refractivity contribution in [2.75, 3.05) is 28.2 Å². The zero-order valence-corrected chi connectivity index (χ0v) is 16.0. The predicted molar refractivity (Wildman–Crippen MR) is 112 cm³/mol. The van der Waals surface area contributed by atoms with E-state index in [1.165, 1.54) is 6.20 Å². The van der Waals surface area contributed by atoms with Crippen LogP contribution in [0.4, 0.5) is 22.1 Å². The first-order chi connectivity index (χ1) is 14.6. The van der Waals surface area contributed by atoms with Gasteiger partial charge in [0.15, 0.2) is 5.82 Å². The molecule has 3 amide bonds. The molecule has 3 aromatic heterocycles. The maximum Gasteiger partial charge on any atom is 0.329 e. The highest BCUT2D eigenvalue weighted by atomic mass is 16.2. The summed E-state index contributed by atoms with van der Waals surface area (Å²) in [5.74, 6) is 0.515. The van der Waals surface area contributed by atoms with Gasteiger partial charge in [-0.15, -0.1) is 0 Å². The highest BCUT2D eigenvalue weighted by Crippen LogP contribution is 2.40. The summed E-state index contributed by atoms with van der Waals surface area (Å²) in [6.07, 6.45) is 5.53. The fraction of sp³-hybridized carbons (Fsp3) is 0.190. The number of rotatable bonds is 3. The number of amides is 3. The number of hydrogen-bond donors (Lipinski definition) is 2. The van der Waals surface area contributed by atoms with Crippen LogP contribution in [0.3, 0.4) is 0 Å². The topological polar surface area (TPSA) is 117 Å². The highest BCUT2D eigenvalue weighted by molar-refractivity contribution is 6.04. The number of urea groups is 1. The number of primary amides is 1. The smallest absolute Gasteiger partial charge is 0.329 e. The maximum absolute atomic E-state index is 13.2. The second kappa shape index (κ2) is 7.11. The number of nitrogens with one attached hydrogen (secondary N) is 1. The quantitative estimate of drug-likeness (QED) is 0.695. The average Bonchev–Trinajstić information content (AvgIpc) is 3.18. The van der Waals surface area contributed by atoms with E-state index in [2.05, 4.69) is 20.2 Å². The van der Waals surface area contributed by atoms with Gasteiger partial charge in [0, 0.05) is 37.2 Å². The number of fused-ring (bicyclic) bond motifs is 4. The number of anilines is 3. The number of carbonyl (C=O) groups excluding carboxylic acids is 2. The number of carbonyl (C=O) groups is 2. The molecule has 0 aliphatic carbocycles. The van der Waals surface area contributed by atoms with Crippen LogP contribution in [0.5, 0.6) is 0 Å². The van der Waals surface area contributed by atoms with E-state index in [9.17, 15) is 9.59 Å². The van der Waals surface area contributed by atoms with E-state index in [0.717, 1.165) is 25.2 Å². The third-order valence-electron chi connectivity index (χ3n) is 5.39. The van der Waals surface area contributed by atoms with Gasteiger partial charge < -0.3 is 10.6 Å². The molecule has 0 unspecified atom stereocenters. The second-order valence-corrected chi connectivity index (χ2v) is 7.27. The fourth-order valence-electron chi connectivity index (χ4n) is 3.95. The van der Waals surface area contributed by atoms with Crippen molar-refractivity contribution in [3.8, 4) is 11.3 Å². The molecule has 0 aromatic carbocycles. The molecular weight excluding hydrogens is 382 g/mol. The van der Waals surface area contributed by atoms with Crippen molar-refractivity contribution in [2.45, 2.75) is 12.5 Å². The first kappa shape index (κ1) is 18.0. The Labute approximate surface area is 172 Å². The summed E-state index contributed by atoms with van der Waals surface area (Å²) in [6, 6.07) is 10.6. The molecule has 1 fully saturated rings. The highest BCUT2D eigenvalue weighted by Gasteiger charge is 2.40. The summed E-state index contributed by atoms with van der Waals surface area (Å²) in [5.41, 5.74) is 7.86. The van der Waals surface area contributed by atoms with Gasteiger partial charge in [-0.25, -0.2) is 14.8 Å². The van der Waals surface area contributed by atoms with Crippen LogP contribution in [-0.4, -0.2) is 46.0 Å². The average molecular weight is 401 g/mol. The van der Waals surface area contributed by atoms with Crippen molar-refractivity contribution in [3.05, 3.63) is 60.6 Å². The molecule has 3 aromatic rings. The monoisotopic (exact) mass is 401 g/mol. The lowest BCUT2D eigenvalue weighted by Crippen LogP contribution is -2.48. The minimum atomic E-state index is -0.553. The van der Waals surface area contributed by atoms with Crippen LogP contribution in [0.25, 0.3) is 11.3 Å². The van der Waals surface area contributed by atoms with E-state index in [1.807, 2.05) is 18.2 Å². The van der Waals surface area contributed by atoms with E-state index in [1.54, 1.807) is 35.5 Å². The summed E-state index contributed by atoms with van der Waals surface area (Å²) in [7, 11) is 0. The van der Waals surface area contributed by atoms with Crippen LogP contribution in [0, 0.1) is 0 Å². The van der Waals surface area contributed by atoms with E-state index in [0.29, 0.717) is 28.5 Å². The predicted octanol–water partition coefficient (Wildman–Crippen LogP) is 2.27. The largest absolute Gasteiger partial charge is 0.366 e. The summed E-state index contributed by atoms with van der Waals surface area (Å²) in [5, 5.41) is 2.86. The lowest BCUT2D eigenvalue weighted by Gasteiger charge is -2.35. The molecule has 1 saturated heterocycles. The molecule has 2 aliphatic rings. The van der Waals surface area contributed by atoms with E-state index < -0.39 is 5.91 Å². The molecule has 0 saturated carbocycles. The Morgan fingerprint density at radius 1 is 1.17 bits per heavy atom. The molecule has 0 radical (unpaired) electrons. The maximum atomic E-state index is 13.2. The summed E-state index contributed by atoms with van der Waals surface area (Å²) in [6.45, 7) is 1.63. The molecule has 150 valence electrons. The normalized spacial score (nSPS) is 16.9. The van der Waals surface area contributed by atoms with Gasteiger partial charge in [-0.2, -0.15) is 0 Å². The molecule has 2 bridgehead atoms. The fourth-order valence-corrected chi connectivity index (χ4v) is 3.95. The Morgan fingerprint density at radius 2 is 2.07 bits per heavy atom. The zero-order chi connectivity index (χ0) is 20.7. The number of hydrogen-bond acceptors (Lipinski definition) is 6. The van der Waals surface area contributed by atoms with Crippen molar-refractivity contribution < 1.29 is 9.59 Å². The zero-order valence-electron chi connectivity index (χ0n) is 16.0. The minimum absolute atomic E-state index is 0.0269. The standard InChI is InChI=1S/C21H19N7O2/c22-19(29)14-9-13(10-23-11-14)16-4-5-17-20(25-16)28(15-6-8-27(17)12-15)21(30)26-18-3-1-2-7-24-18/h1-5,7,9-11,15H,6,8,12H2,(H2,22,29)(H,24,26,30)/t15-/m0/s1. The molecular formula is C21H19N7O2. The van der Waals surface area contributed by atoms with Crippen LogP contribution in [0.2, 0.25) is 0 Å². The number of nitrogens with zero attached hydrogens (tertiary/aromatic N) is 5. The second-order valence-electron chi connectivity index (χ2n) is 7.27.